The number of hydrogen-bond donors (Lipinski definition) is 1. The van der Waals surface area contributed by atoms with E-state index in [0.29, 0.717) is 24.3 Å². The number of carboxylic acid groups (broad SMARTS) is 1. The highest BCUT2D eigenvalue weighted by atomic mass is 32.1. The number of nitrogens with zero attached hydrogens (tertiary/aromatic N) is 3. The number of ether oxygens (including phenoxy) is 1. The number of piperazine rings is 1. The lowest BCUT2D eigenvalue weighted by molar-refractivity contribution is 0.0697. The van der Waals surface area contributed by atoms with Gasteiger partial charge < -0.3 is 9.84 Å². The number of hydrogen-bond acceptors (Lipinski definition) is 6. The lowest BCUT2D eigenvalue weighted by Crippen LogP contribution is -2.45. The van der Waals surface area contributed by atoms with Crippen LogP contribution in [0.15, 0.2) is 59.4 Å². The topological polar surface area (TPSA) is 65.9 Å². The second-order valence-corrected chi connectivity index (χ2v) is 9.04. The van der Waals surface area contributed by atoms with Gasteiger partial charge in [-0.05, 0) is 41.8 Å². The van der Waals surface area contributed by atoms with Gasteiger partial charge in [-0.15, -0.1) is 11.3 Å². The van der Waals surface area contributed by atoms with E-state index in [1.165, 1.54) is 17.5 Å². The molecule has 1 aromatic heterocycles. The summed E-state index contributed by atoms with van der Waals surface area (Å²) in [7, 11) is 0. The van der Waals surface area contributed by atoms with Gasteiger partial charge in [0.1, 0.15) is 12.4 Å². The lowest BCUT2D eigenvalue weighted by Gasteiger charge is -2.34. The summed E-state index contributed by atoms with van der Waals surface area (Å²) < 4.78 is 5.81. The van der Waals surface area contributed by atoms with Crippen molar-refractivity contribution in [2.24, 2.45) is 0 Å². The Balaban J connectivity index is 1.12. The number of aromatic carboxylic acids is 1. The molecular formula is C24H25N3O3S. The van der Waals surface area contributed by atoms with Crippen molar-refractivity contribution in [3.63, 3.8) is 0 Å². The summed E-state index contributed by atoms with van der Waals surface area (Å²) >= 11 is 1.58. The molecule has 3 heterocycles. The molecule has 160 valence electrons. The van der Waals surface area contributed by atoms with Gasteiger partial charge in [-0.25, -0.2) is 9.78 Å². The highest BCUT2D eigenvalue weighted by Crippen LogP contribution is 2.33. The van der Waals surface area contributed by atoms with Gasteiger partial charge in [0.05, 0.1) is 16.8 Å². The summed E-state index contributed by atoms with van der Waals surface area (Å²) in [6, 6.07) is 16.8. The zero-order chi connectivity index (χ0) is 21.2. The van der Waals surface area contributed by atoms with Crippen molar-refractivity contribution in [1.29, 1.82) is 0 Å². The van der Waals surface area contributed by atoms with Crippen LogP contribution in [0.3, 0.4) is 0 Å². The summed E-state index contributed by atoms with van der Waals surface area (Å²) in [5, 5.41) is 11.1. The molecule has 6 nitrogen and oxygen atoms in total. The van der Waals surface area contributed by atoms with Crippen LogP contribution in [0.1, 0.15) is 33.6 Å². The number of rotatable bonds is 8. The smallest absolute Gasteiger partial charge is 0.335 e. The maximum Gasteiger partial charge on any atom is 0.335 e. The average molecular weight is 436 g/mol. The van der Waals surface area contributed by atoms with Crippen LogP contribution in [0.5, 0.6) is 5.75 Å². The van der Waals surface area contributed by atoms with Crippen molar-refractivity contribution in [2.75, 3.05) is 13.1 Å². The zero-order valence-electron chi connectivity index (χ0n) is 17.2. The predicted molar refractivity (Wildman–Crippen MR) is 119 cm³/mol. The molecule has 0 spiro atoms. The molecule has 7 heteroatoms. The summed E-state index contributed by atoms with van der Waals surface area (Å²) in [5.74, 6) is 0.00118. The van der Waals surface area contributed by atoms with E-state index in [9.17, 15) is 4.79 Å². The van der Waals surface area contributed by atoms with E-state index < -0.39 is 5.97 Å². The number of benzene rings is 2. The standard InChI is InChI=1S/C24H25N3O3S/c28-24(29)19-5-1-17(2-6-19)10-26-12-22-9-21(26)13-27(22)11-18-3-7-23(8-4-18)30-14-20-15-31-16-25-20/h1-8,15-16,21-22H,9-14H2,(H,28,29)/t21-,22+/m1/s1. The Kier molecular flexibility index (Phi) is 5.72. The third-order valence-corrected chi connectivity index (χ3v) is 6.87. The van der Waals surface area contributed by atoms with Crippen molar-refractivity contribution in [3.05, 3.63) is 81.8 Å². The number of aromatic nitrogens is 1. The molecule has 0 aliphatic carbocycles. The highest BCUT2D eigenvalue weighted by molar-refractivity contribution is 7.07. The van der Waals surface area contributed by atoms with Crippen LogP contribution in [-0.4, -0.2) is 51.0 Å². The van der Waals surface area contributed by atoms with Crippen molar-refractivity contribution in [2.45, 2.75) is 38.2 Å². The molecule has 2 aliphatic heterocycles. The number of fused-ring (bicyclic) bond motifs is 2. The fraction of sp³-hybridized carbons (Fsp3) is 0.333. The molecule has 2 aromatic carbocycles. The normalized spacial score (nSPS) is 20.9. The zero-order valence-corrected chi connectivity index (χ0v) is 18.0. The minimum Gasteiger partial charge on any atom is -0.487 e. The first-order valence-electron chi connectivity index (χ1n) is 10.5. The third-order valence-electron chi connectivity index (χ3n) is 6.23. The summed E-state index contributed by atoms with van der Waals surface area (Å²) in [4.78, 5) is 20.4. The second-order valence-electron chi connectivity index (χ2n) is 8.32. The van der Waals surface area contributed by atoms with E-state index in [-0.39, 0.29) is 0 Å². The maximum atomic E-state index is 11.0. The summed E-state index contributed by atoms with van der Waals surface area (Å²) in [6.07, 6.45) is 1.21. The molecule has 2 fully saturated rings. The Hall–Kier alpha value is -2.74. The first kappa shape index (κ1) is 20.2. The van der Waals surface area contributed by atoms with Crippen LogP contribution in [-0.2, 0) is 19.7 Å². The highest BCUT2D eigenvalue weighted by Gasteiger charge is 2.42. The van der Waals surface area contributed by atoms with Gasteiger partial charge in [0.2, 0.25) is 0 Å². The van der Waals surface area contributed by atoms with Crippen LogP contribution >= 0.6 is 11.3 Å². The predicted octanol–water partition coefficient (Wildman–Crippen LogP) is 3.88. The molecule has 0 amide bonds. The van der Waals surface area contributed by atoms with Crippen molar-refractivity contribution < 1.29 is 14.6 Å². The Morgan fingerprint density at radius 2 is 1.61 bits per heavy atom. The van der Waals surface area contributed by atoms with Crippen LogP contribution in [0.2, 0.25) is 0 Å². The van der Waals surface area contributed by atoms with Crippen LogP contribution in [0, 0.1) is 0 Å². The Morgan fingerprint density at radius 1 is 1.00 bits per heavy atom. The average Bonchev–Trinajstić information content (AvgIpc) is 3.52. The van der Waals surface area contributed by atoms with Crippen LogP contribution in [0.4, 0.5) is 0 Å². The number of carbonyl (C=O) groups is 1. The van der Waals surface area contributed by atoms with Crippen molar-refractivity contribution >= 4 is 17.3 Å². The van der Waals surface area contributed by atoms with Gasteiger partial charge in [0.25, 0.3) is 0 Å². The maximum absolute atomic E-state index is 11.0. The van der Waals surface area contributed by atoms with Gasteiger partial charge in [0.15, 0.2) is 0 Å². The van der Waals surface area contributed by atoms with Crippen molar-refractivity contribution in [3.8, 4) is 5.75 Å². The minimum absolute atomic E-state index is 0.345. The van der Waals surface area contributed by atoms with E-state index in [1.807, 2.05) is 35.2 Å². The Labute approximate surface area is 185 Å². The molecule has 0 saturated carbocycles. The fourth-order valence-electron chi connectivity index (χ4n) is 4.60. The fourth-order valence-corrected chi connectivity index (χ4v) is 5.14. The lowest BCUT2D eigenvalue weighted by atomic mass is 10.1. The molecular weight excluding hydrogens is 410 g/mol. The molecule has 31 heavy (non-hydrogen) atoms. The van der Waals surface area contributed by atoms with E-state index in [1.54, 1.807) is 23.5 Å². The first-order valence-corrected chi connectivity index (χ1v) is 11.5. The molecule has 2 aliphatic rings. The van der Waals surface area contributed by atoms with Gasteiger partial charge in [-0.2, -0.15) is 0 Å². The van der Waals surface area contributed by atoms with E-state index >= 15 is 0 Å². The molecule has 5 rings (SSSR count). The summed E-state index contributed by atoms with van der Waals surface area (Å²) in [6.45, 7) is 4.52. The molecule has 2 saturated heterocycles. The van der Waals surface area contributed by atoms with E-state index in [0.717, 1.165) is 37.6 Å². The second kappa shape index (κ2) is 8.78. The number of carboxylic acids is 1. The van der Waals surface area contributed by atoms with Crippen molar-refractivity contribution in [1.82, 2.24) is 14.8 Å². The third kappa shape index (κ3) is 4.63. The summed E-state index contributed by atoms with van der Waals surface area (Å²) in [5.41, 5.74) is 5.62. The van der Waals surface area contributed by atoms with Crippen LogP contribution < -0.4 is 4.74 Å². The van der Waals surface area contributed by atoms with Gasteiger partial charge in [0, 0.05) is 43.6 Å². The quantitative estimate of drug-likeness (QED) is 0.579. The van der Waals surface area contributed by atoms with Crippen LogP contribution in [0.25, 0.3) is 0 Å². The first-order chi connectivity index (χ1) is 15.1. The van der Waals surface area contributed by atoms with Gasteiger partial charge >= 0.3 is 5.97 Å². The molecule has 3 aromatic rings. The Bertz CT molecular complexity index is 1020. The van der Waals surface area contributed by atoms with E-state index in [4.69, 9.17) is 9.84 Å². The SMILES string of the molecule is O=C(O)c1ccc(CN2C[C@@H]3C[C@@H]2CN3Cc2ccc(OCc3cscn3)cc2)cc1. The molecule has 2 atom stereocenters. The largest absolute Gasteiger partial charge is 0.487 e. The van der Waals surface area contributed by atoms with Gasteiger partial charge in [-0.3, -0.25) is 9.80 Å². The monoisotopic (exact) mass is 435 g/mol. The van der Waals surface area contributed by atoms with Gasteiger partial charge in [-0.1, -0.05) is 24.3 Å². The minimum atomic E-state index is -0.874. The van der Waals surface area contributed by atoms with E-state index in [2.05, 4.69) is 26.9 Å². The molecule has 0 unspecified atom stereocenters. The molecule has 0 radical (unpaired) electrons. The number of thiazole rings is 1. The number of likely N-dealkylation sites (tertiary alicyclic amines) is 2. The molecule has 2 bridgehead atoms. The molecule has 1 N–H and O–H groups in total. The Morgan fingerprint density at radius 3 is 2.13 bits per heavy atom.